The number of benzene rings is 1. The zero-order chi connectivity index (χ0) is 14.0. The number of nitrogens with two attached hydrogens (primary N) is 1. The van der Waals surface area contributed by atoms with Gasteiger partial charge in [-0.15, -0.1) is 0 Å². The Bertz CT molecular complexity index is 555. The van der Waals surface area contributed by atoms with Gasteiger partial charge in [-0.2, -0.15) is 0 Å². The van der Waals surface area contributed by atoms with E-state index in [1.807, 2.05) is 6.07 Å². The largest absolute Gasteiger partial charge is 0.271 e. The van der Waals surface area contributed by atoms with Crippen LogP contribution in [-0.4, -0.2) is 19.9 Å². The van der Waals surface area contributed by atoms with Gasteiger partial charge in [-0.3, -0.25) is 11.3 Å². The molecule has 19 heavy (non-hydrogen) atoms. The molecule has 106 valence electrons. The molecule has 3 N–H and O–H groups in total. The summed E-state index contributed by atoms with van der Waals surface area (Å²) in [5, 5.41) is 0. The van der Waals surface area contributed by atoms with Gasteiger partial charge in [0.2, 0.25) is 0 Å². The molecule has 0 saturated carbocycles. The van der Waals surface area contributed by atoms with Crippen molar-refractivity contribution in [1.82, 2.24) is 5.43 Å². The predicted octanol–water partition coefficient (Wildman–Crippen LogP) is 1.63. The van der Waals surface area contributed by atoms with Gasteiger partial charge in [0, 0.05) is 6.04 Å². The molecular formula is C14H22N2O2S. The molecule has 1 fully saturated rings. The molecule has 0 aliphatic carbocycles. The first kappa shape index (κ1) is 14.5. The molecule has 1 aromatic rings. The first-order valence-corrected chi connectivity index (χ1v) is 8.48. The average molecular weight is 282 g/mol. The molecule has 1 aliphatic rings. The zero-order valence-corrected chi connectivity index (χ0v) is 12.3. The number of hydrazine groups is 1. The van der Waals surface area contributed by atoms with E-state index in [2.05, 4.69) is 31.4 Å². The Hall–Kier alpha value is -0.910. The third-order valence-corrected chi connectivity index (χ3v) is 5.96. The quantitative estimate of drug-likeness (QED) is 0.650. The van der Waals surface area contributed by atoms with Crippen LogP contribution in [0.5, 0.6) is 0 Å². The molecular weight excluding hydrogens is 260 g/mol. The first-order chi connectivity index (χ1) is 8.93. The van der Waals surface area contributed by atoms with E-state index in [0.717, 1.165) is 12.8 Å². The number of hydrogen-bond acceptors (Lipinski definition) is 4. The molecule has 1 aromatic carbocycles. The SMILES string of the molecule is Cc1cccc(C(CC2CCS(=O)(=O)C2)NN)c1C. The van der Waals surface area contributed by atoms with Gasteiger partial charge in [0.1, 0.15) is 0 Å². The van der Waals surface area contributed by atoms with Crippen molar-refractivity contribution < 1.29 is 8.42 Å². The second-order valence-electron chi connectivity index (χ2n) is 5.51. The lowest BCUT2D eigenvalue weighted by atomic mass is 9.91. The smallest absolute Gasteiger partial charge is 0.150 e. The number of hydrogen-bond donors (Lipinski definition) is 2. The summed E-state index contributed by atoms with van der Waals surface area (Å²) in [6, 6.07) is 6.19. The van der Waals surface area contributed by atoms with E-state index in [9.17, 15) is 8.42 Å². The molecule has 5 heteroatoms. The minimum Gasteiger partial charge on any atom is -0.271 e. The fourth-order valence-corrected chi connectivity index (χ4v) is 4.71. The molecule has 0 spiro atoms. The van der Waals surface area contributed by atoms with Crippen LogP contribution in [0, 0.1) is 19.8 Å². The fraction of sp³-hybridized carbons (Fsp3) is 0.571. The summed E-state index contributed by atoms with van der Waals surface area (Å²) in [6.07, 6.45) is 1.53. The van der Waals surface area contributed by atoms with Crippen LogP contribution >= 0.6 is 0 Å². The van der Waals surface area contributed by atoms with Gasteiger partial charge in [0.25, 0.3) is 0 Å². The number of nitrogens with one attached hydrogen (secondary N) is 1. The Labute approximate surface area is 115 Å². The zero-order valence-electron chi connectivity index (χ0n) is 11.5. The Kier molecular flexibility index (Phi) is 4.28. The summed E-state index contributed by atoms with van der Waals surface area (Å²) in [5.41, 5.74) is 6.48. The van der Waals surface area contributed by atoms with E-state index < -0.39 is 9.84 Å². The summed E-state index contributed by atoms with van der Waals surface area (Å²) >= 11 is 0. The van der Waals surface area contributed by atoms with E-state index in [1.54, 1.807) is 0 Å². The van der Waals surface area contributed by atoms with Crippen LogP contribution in [0.1, 0.15) is 35.6 Å². The van der Waals surface area contributed by atoms with E-state index in [1.165, 1.54) is 16.7 Å². The lowest BCUT2D eigenvalue weighted by Crippen LogP contribution is -2.30. The van der Waals surface area contributed by atoms with Crippen molar-refractivity contribution in [3.63, 3.8) is 0 Å². The van der Waals surface area contributed by atoms with Gasteiger partial charge in [0.05, 0.1) is 11.5 Å². The highest BCUT2D eigenvalue weighted by Crippen LogP contribution is 2.30. The summed E-state index contributed by atoms with van der Waals surface area (Å²) in [6.45, 7) is 4.16. The highest BCUT2D eigenvalue weighted by molar-refractivity contribution is 7.91. The third kappa shape index (κ3) is 3.35. The average Bonchev–Trinajstić information content (AvgIpc) is 2.70. The van der Waals surface area contributed by atoms with Crippen molar-refractivity contribution in [3.8, 4) is 0 Å². The van der Waals surface area contributed by atoms with Crippen molar-refractivity contribution in [2.24, 2.45) is 11.8 Å². The summed E-state index contributed by atoms with van der Waals surface area (Å²) in [7, 11) is -2.82. The second kappa shape index (κ2) is 5.61. The maximum absolute atomic E-state index is 11.5. The van der Waals surface area contributed by atoms with E-state index in [4.69, 9.17) is 5.84 Å². The van der Waals surface area contributed by atoms with Crippen LogP contribution in [0.15, 0.2) is 18.2 Å². The van der Waals surface area contributed by atoms with Crippen LogP contribution in [0.4, 0.5) is 0 Å². The monoisotopic (exact) mass is 282 g/mol. The van der Waals surface area contributed by atoms with Crippen LogP contribution in [-0.2, 0) is 9.84 Å². The normalized spacial score (nSPS) is 23.4. The molecule has 2 atom stereocenters. The Balaban J connectivity index is 2.15. The van der Waals surface area contributed by atoms with Crippen LogP contribution in [0.2, 0.25) is 0 Å². The molecule has 2 unspecified atom stereocenters. The van der Waals surface area contributed by atoms with Gasteiger partial charge < -0.3 is 0 Å². The Morgan fingerprint density at radius 3 is 2.74 bits per heavy atom. The van der Waals surface area contributed by atoms with Crippen molar-refractivity contribution in [1.29, 1.82) is 0 Å². The fourth-order valence-electron chi connectivity index (χ4n) is 2.83. The van der Waals surface area contributed by atoms with Crippen molar-refractivity contribution >= 4 is 9.84 Å². The minimum atomic E-state index is -2.82. The third-order valence-electron chi connectivity index (χ3n) is 4.12. The Morgan fingerprint density at radius 1 is 1.42 bits per heavy atom. The van der Waals surface area contributed by atoms with Gasteiger partial charge in [0.15, 0.2) is 9.84 Å². The topological polar surface area (TPSA) is 72.2 Å². The van der Waals surface area contributed by atoms with Gasteiger partial charge in [-0.25, -0.2) is 8.42 Å². The predicted molar refractivity (Wildman–Crippen MR) is 77.4 cm³/mol. The molecule has 0 radical (unpaired) electrons. The molecule has 1 heterocycles. The molecule has 0 aromatic heterocycles. The molecule has 0 bridgehead atoms. The standard InChI is InChI=1S/C14H22N2O2S/c1-10-4-3-5-13(11(10)2)14(16-15)8-12-6-7-19(17,18)9-12/h3-5,12,14,16H,6-9,15H2,1-2H3. The number of sulfone groups is 1. The molecule has 1 saturated heterocycles. The minimum absolute atomic E-state index is 0.0261. The van der Waals surface area contributed by atoms with Crippen molar-refractivity contribution in [3.05, 3.63) is 34.9 Å². The van der Waals surface area contributed by atoms with E-state index in [0.29, 0.717) is 11.5 Å². The van der Waals surface area contributed by atoms with Crippen LogP contribution in [0.3, 0.4) is 0 Å². The number of rotatable bonds is 4. The maximum Gasteiger partial charge on any atom is 0.150 e. The molecule has 2 rings (SSSR count). The maximum atomic E-state index is 11.5. The highest BCUT2D eigenvalue weighted by atomic mass is 32.2. The van der Waals surface area contributed by atoms with Gasteiger partial charge >= 0.3 is 0 Å². The van der Waals surface area contributed by atoms with Crippen LogP contribution < -0.4 is 11.3 Å². The van der Waals surface area contributed by atoms with E-state index in [-0.39, 0.29) is 12.0 Å². The number of aryl methyl sites for hydroxylation is 1. The second-order valence-corrected chi connectivity index (χ2v) is 7.74. The summed E-state index contributed by atoms with van der Waals surface area (Å²) in [5.74, 6) is 6.51. The lowest BCUT2D eigenvalue weighted by Gasteiger charge is -2.22. The van der Waals surface area contributed by atoms with Gasteiger partial charge in [-0.05, 0) is 49.3 Å². The van der Waals surface area contributed by atoms with Crippen molar-refractivity contribution in [2.45, 2.75) is 32.7 Å². The van der Waals surface area contributed by atoms with Gasteiger partial charge in [-0.1, -0.05) is 18.2 Å². The van der Waals surface area contributed by atoms with Crippen LogP contribution in [0.25, 0.3) is 0 Å². The first-order valence-electron chi connectivity index (χ1n) is 6.65. The van der Waals surface area contributed by atoms with E-state index >= 15 is 0 Å². The molecule has 0 amide bonds. The van der Waals surface area contributed by atoms with Crippen molar-refractivity contribution in [2.75, 3.05) is 11.5 Å². The Morgan fingerprint density at radius 2 is 2.16 bits per heavy atom. The molecule has 4 nitrogen and oxygen atoms in total. The summed E-state index contributed by atoms with van der Waals surface area (Å²) < 4.78 is 23.0. The summed E-state index contributed by atoms with van der Waals surface area (Å²) in [4.78, 5) is 0. The molecule has 1 aliphatic heterocycles. The lowest BCUT2D eigenvalue weighted by molar-refractivity contribution is 0.420. The highest BCUT2D eigenvalue weighted by Gasteiger charge is 2.30.